The molecule has 0 radical (unpaired) electrons. The van der Waals surface area contributed by atoms with E-state index in [1.165, 1.54) is 36.7 Å². The lowest BCUT2D eigenvalue weighted by atomic mass is 9.95. The van der Waals surface area contributed by atoms with Gasteiger partial charge in [-0.2, -0.15) is 0 Å². The van der Waals surface area contributed by atoms with Crippen LogP contribution >= 0.6 is 11.3 Å². The van der Waals surface area contributed by atoms with Crippen molar-refractivity contribution in [2.24, 2.45) is 0 Å². The molecule has 0 bridgehead atoms. The maximum atomic E-state index is 6.61. The van der Waals surface area contributed by atoms with Gasteiger partial charge in [-0.3, -0.25) is 0 Å². The third-order valence-corrected chi connectivity index (χ3v) is 11.6. The normalized spacial score (nSPS) is 12.8. The van der Waals surface area contributed by atoms with E-state index in [1.807, 2.05) is 23.5 Å². The van der Waals surface area contributed by atoms with Gasteiger partial charge in [0, 0.05) is 47.6 Å². The second-order valence-electron chi connectivity index (χ2n) is 13.5. The van der Waals surface area contributed by atoms with E-state index in [0.29, 0.717) is 17.5 Å². The van der Waals surface area contributed by atoms with E-state index in [1.54, 1.807) is 0 Å². The first-order valence-corrected chi connectivity index (χ1v) is 18.5. The number of fused-ring (bicyclic) bond motifs is 8. The number of allylic oxidation sites excluding steroid dienone is 1. The van der Waals surface area contributed by atoms with Crippen molar-refractivity contribution in [3.63, 3.8) is 0 Å². The molecule has 11 rings (SSSR count). The minimum Gasteiger partial charge on any atom is -0.456 e. The van der Waals surface area contributed by atoms with Crippen molar-refractivity contribution in [3.8, 4) is 45.3 Å². The summed E-state index contributed by atoms with van der Waals surface area (Å²) in [6.45, 7) is 0. The third-order valence-electron chi connectivity index (χ3n) is 10.4. The first-order valence-electron chi connectivity index (χ1n) is 17.6. The van der Waals surface area contributed by atoms with Gasteiger partial charge in [0.2, 0.25) is 0 Å². The number of aryl methyl sites for hydroxylation is 1. The molecular formula is C47H29N3OS. The van der Waals surface area contributed by atoms with Crippen molar-refractivity contribution >= 4 is 70.3 Å². The van der Waals surface area contributed by atoms with E-state index >= 15 is 0 Å². The van der Waals surface area contributed by atoms with Crippen molar-refractivity contribution < 1.29 is 4.42 Å². The monoisotopic (exact) mass is 683 g/mol. The number of para-hydroxylation sites is 1. The first-order chi connectivity index (χ1) is 25.7. The molecule has 244 valence electrons. The summed E-state index contributed by atoms with van der Waals surface area (Å²) in [6, 6.07) is 49.3. The van der Waals surface area contributed by atoms with Crippen LogP contribution < -0.4 is 0 Å². The largest absolute Gasteiger partial charge is 0.456 e. The van der Waals surface area contributed by atoms with Crippen LogP contribution in [0.5, 0.6) is 0 Å². The number of thiophene rings is 1. The van der Waals surface area contributed by atoms with Crippen LogP contribution in [0.15, 0.2) is 150 Å². The molecule has 0 saturated heterocycles. The molecule has 0 amide bonds. The standard InChI is InChI=1S/C47H29N3OS/c1-3-12-30-24-32(22-20-28(30)10-1)45-48-46(33-23-21-29-11-2-4-13-31(29)25-33)50-47(49-45)39-26-34(27-41-43(39)38-15-5-7-18-40(38)51-41)35-16-9-17-37-36-14-6-8-19-42(36)52-44(35)37/h1,3-10,12-27H,2,11H2. The number of hydrogen-bond acceptors (Lipinski definition) is 5. The topological polar surface area (TPSA) is 51.8 Å². The summed E-state index contributed by atoms with van der Waals surface area (Å²) in [5.74, 6) is 1.90. The maximum Gasteiger partial charge on any atom is 0.164 e. The Morgan fingerprint density at radius 3 is 2.19 bits per heavy atom. The first kappa shape index (κ1) is 29.3. The van der Waals surface area contributed by atoms with Gasteiger partial charge < -0.3 is 4.42 Å². The maximum absolute atomic E-state index is 6.61. The van der Waals surface area contributed by atoms with Gasteiger partial charge in [-0.05, 0) is 82.3 Å². The van der Waals surface area contributed by atoms with E-state index < -0.39 is 0 Å². The van der Waals surface area contributed by atoms with Gasteiger partial charge in [-0.1, -0.05) is 115 Å². The Bertz CT molecular complexity index is 3100. The Balaban J connectivity index is 1.20. The summed E-state index contributed by atoms with van der Waals surface area (Å²) < 4.78 is 9.14. The summed E-state index contributed by atoms with van der Waals surface area (Å²) in [6.07, 6.45) is 6.57. The second-order valence-corrected chi connectivity index (χ2v) is 14.6. The van der Waals surface area contributed by atoms with E-state index in [9.17, 15) is 0 Å². The molecule has 5 heteroatoms. The molecule has 7 aromatic carbocycles. The van der Waals surface area contributed by atoms with E-state index in [-0.39, 0.29) is 0 Å². The zero-order valence-corrected chi connectivity index (χ0v) is 28.8. The summed E-state index contributed by atoms with van der Waals surface area (Å²) in [5.41, 5.74) is 9.27. The number of hydrogen-bond donors (Lipinski definition) is 0. The Morgan fingerprint density at radius 1 is 0.519 bits per heavy atom. The second kappa shape index (κ2) is 11.6. The molecule has 1 aliphatic rings. The predicted molar refractivity (Wildman–Crippen MR) is 217 cm³/mol. The van der Waals surface area contributed by atoms with E-state index in [2.05, 4.69) is 140 Å². The Kier molecular flexibility index (Phi) is 6.51. The molecule has 52 heavy (non-hydrogen) atoms. The quantitative estimate of drug-likeness (QED) is 0.185. The molecule has 1 aliphatic carbocycles. The van der Waals surface area contributed by atoms with Gasteiger partial charge in [0.1, 0.15) is 11.2 Å². The zero-order valence-electron chi connectivity index (χ0n) is 28.0. The number of furan rings is 1. The molecule has 3 heterocycles. The predicted octanol–water partition coefficient (Wildman–Crippen LogP) is 12.9. The summed E-state index contributed by atoms with van der Waals surface area (Å²) >= 11 is 1.83. The molecule has 0 N–H and O–H groups in total. The fourth-order valence-electron chi connectivity index (χ4n) is 7.81. The van der Waals surface area contributed by atoms with Gasteiger partial charge in [-0.15, -0.1) is 11.3 Å². The zero-order chi connectivity index (χ0) is 34.2. The highest BCUT2D eigenvalue weighted by molar-refractivity contribution is 7.26. The number of benzene rings is 7. The Hall–Kier alpha value is -6.43. The molecule has 0 aliphatic heterocycles. The van der Waals surface area contributed by atoms with Crippen molar-refractivity contribution in [1.29, 1.82) is 0 Å². The van der Waals surface area contributed by atoms with Crippen LogP contribution in [0.4, 0.5) is 0 Å². The van der Waals surface area contributed by atoms with Crippen LogP contribution in [0.3, 0.4) is 0 Å². The van der Waals surface area contributed by atoms with E-state index in [4.69, 9.17) is 19.4 Å². The molecule has 0 fully saturated rings. The highest BCUT2D eigenvalue weighted by atomic mass is 32.1. The fraction of sp³-hybridized carbons (Fsp3) is 0.0426. The Morgan fingerprint density at radius 2 is 1.27 bits per heavy atom. The lowest BCUT2D eigenvalue weighted by Crippen LogP contribution is -2.02. The van der Waals surface area contributed by atoms with Crippen molar-refractivity contribution in [2.75, 3.05) is 0 Å². The van der Waals surface area contributed by atoms with Crippen LogP contribution in [0, 0.1) is 0 Å². The van der Waals surface area contributed by atoms with Crippen LogP contribution in [0.2, 0.25) is 0 Å². The van der Waals surface area contributed by atoms with E-state index in [0.717, 1.165) is 68.0 Å². The van der Waals surface area contributed by atoms with Gasteiger partial charge in [0.25, 0.3) is 0 Å². The smallest absolute Gasteiger partial charge is 0.164 e. The molecule has 0 atom stereocenters. The summed E-state index contributed by atoms with van der Waals surface area (Å²) in [7, 11) is 0. The lowest BCUT2D eigenvalue weighted by molar-refractivity contribution is 0.669. The van der Waals surface area contributed by atoms with Crippen LogP contribution in [-0.2, 0) is 6.42 Å². The number of aromatic nitrogens is 3. The van der Waals surface area contributed by atoms with Gasteiger partial charge >= 0.3 is 0 Å². The molecule has 3 aromatic heterocycles. The Labute approximate surface area is 303 Å². The molecule has 0 saturated carbocycles. The van der Waals surface area contributed by atoms with Crippen LogP contribution in [0.1, 0.15) is 17.5 Å². The van der Waals surface area contributed by atoms with Crippen molar-refractivity contribution in [2.45, 2.75) is 12.8 Å². The number of rotatable bonds is 4. The summed E-state index contributed by atoms with van der Waals surface area (Å²) in [5, 5.41) is 6.88. The molecule has 10 aromatic rings. The lowest BCUT2D eigenvalue weighted by Gasteiger charge is -2.14. The molecule has 0 spiro atoms. The van der Waals surface area contributed by atoms with Crippen molar-refractivity contribution in [1.82, 2.24) is 15.0 Å². The van der Waals surface area contributed by atoms with Gasteiger partial charge in [-0.25, -0.2) is 15.0 Å². The number of nitrogens with zero attached hydrogens (tertiary/aromatic N) is 3. The third kappa shape index (κ3) is 4.70. The van der Waals surface area contributed by atoms with Crippen molar-refractivity contribution in [3.05, 3.63) is 157 Å². The SMILES string of the molecule is C1=Cc2cc(-c3nc(-c4ccc5ccccc5c4)nc(-c4cc(-c5cccc6c5sc5ccccc56)cc5oc6ccccc6c45)n3)ccc2CC1. The molecular weight excluding hydrogens is 655 g/mol. The van der Waals surface area contributed by atoms with Crippen LogP contribution in [-0.4, -0.2) is 15.0 Å². The molecule has 0 unspecified atom stereocenters. The average Bonchev–Trinajstić information content (AvgIpc) is 3.78. The summed E-state index contributed by atoms with van der Waals surface area (Å²) in [4.78, 5) is 15.7. The van der Waals surface area contributed by atoms with Gasteiger partial charge in [0.05, 0.1) is 0 Å². The van der Waals surface area contributed by atoms with Crippen LogP contribution in [0.25, 0.3) is 104 Å². The van der Waals surface area contributed by atoms with Gasteiger partial charge in [0.15, 0.2) is 17.5 Å². The highest BCUT2D eigenvalue weighted by Gasteiger charge is 2.21. The minimum atomic E-state index is 0.614. The minimum absolute atomic E-state index is 0.614. The molecule has 4 nitrogen and oxygen atoms in total. The fourth-order valence-corrected chi connectivity index (χ4v) is 9.05. The highest BCUT2D eigenvalue weighted by Crippen LogP contribution is 2.44. The average molecular weight is 684 g/mol.